The van der Waals surface area contributed by atoms with E-state index < -0.39 is 0 Å². The average Bonchev–Trinajstić information content (AvgIpc) is 2.35. The van der Waals surface area contributed by atoms with Crippen LogP contribution in [0.25, 0.3) is 0 Å². The van der Waals surface area contributed by atoms with Gasteiger partial charge in [-0.15, -0.1) is 0 Å². The summed E-state index contributed by atoms with van der Waals surface area (Å²) in [5.74, 6) is 0. The first-order valence-electron chi connectivity index (χ1n) is 6.67. The fourth-order valence-corrected chi connectivity index (χ4v) is 1.59. The van der Waals surface area contributed by atoms with E-state index in [-0.39, 0.29) is 0 Å². The summed E-state index contributed by atoms with van der Waals surface area (Å²) in [6, 6.07) is 8.68. The molecule has 0 bridgehead atoms. The van der Waals surface area contributed by atoms with Crippen molar-refractivity contribution in [2.45, 2.75) is 39.7 Å². The van der Waals surface area contributed by atoms with Crippen LogP contribution in [0.1, 0.15) is 37.3 Å². The highest BCUT2D eigenvalue weighted by atomic mass is 16.5. The molecule has 0 aromatic heterocycles. The molecule has 1 aromatic carbocycles. The summed E-state index contributed by atoms with van der Waals surface area (Å²) >= 11 is 0. The van der Waals surface area contributed by atoms with Crippen molar-refractivity contribution in [3.05, 3.63) is 35.4 Å². The molecular formula is C15H25NO. The van der Waals surface area contributed by atoms with Crippen LogP contribution in [-0.2, 0) is 11.3 Å². The van der Waals surface area contributed by atoms with Crippen molar-refractivity contribution < 1.29 is 4.74 Å². The third kappa shape index (κ3) is 7.14. The monoisotopic (exact) mass is 235 g/mol. The molecule has 0 saturated carbocycles. The van der Waals surface area contributed by atoms with Crippen LogP contribution >= 0.6 is 0 Å². The Bertz CT molecular complexity index is 281. The fraction of sp³-hybridized carbons (Fsp3) is 0.600. The summed E-state index contributed by atoms with van der Waals surface area (Å²) in [5.41, 5.74) is 2.67. The number of ether oxygens (including phenoxy) is 1. The number of benzene rings is 1. The minimum atomic E-state index is 0.876. The molecule has 1 N–H and O–H groups in total. The molecule has 0 fully saturated rings. The summed E-state index contributed by atoms with van der Waals surface area (Å²) in [7, 11) is 0. The molecule has 0 amide bonds. The van der Waals surface area contributed by atoms with Crippen LogP contribution in [0.15, 0.2) is 24.3 Å². The van der Waals surface area contributed by atoms with Crippen LogP contribution in [0.4, 0.5) is 0 Å². The first-order chi connectivity index (χ1) is 8.33. The van der Waals surface area contributed by atoms with E-state index >= 15 is 0 Å². The van der Waals surface area contributed by atoms with Gasteiger partial charge in [-0.2, -0.15) is 0 Å². The summed E-state index contributed by atoms with van der Waals surface area (Å²) in [6.07, 6.45) is 3.48. The third-order valence-electron chi connectivity index (χ3n) is 2.73. The lowest BCUT2D eigenvalue weighted by molar-refractivity contribution is 0.129. The van der Waals surface area contributed by atoms with Gasteiger partial charge in [-0.05, 0) is 31.9 Å². The van der Waals surface area contributed by atoms with Crippen molar-refractivity contribution in [2.75, 3.05) is 19.8 Å². The first kappa shape index (κ1) is 14.2. The highest BCUT2D eigenvalue weighted by Crippen LogP contribution is 2.02. The molecule has 0 aliphatic carbocycles. The lowest BCUT2D eigenvalue weighted by atomic mass is 10.1. The number of hydrogen-bond acceptors (Lipinski definition) is 2. The van der Waals surface area contributed by atoms with Gasteiger partial charge in [0.2, 0.25) is 0 Å². The van der Waals surface area contributed by atoms with Gasteiger partial charge in [-0.25, -0.2) is 0 Å². The van der Waals surface area contributed by atoms with Crippen LogP contribution in [0.3, 0.4) is 0 Å². The number of nitrogens with one attached hydrogen (secondary N) is 1. The molecule has 0 radical (unpaired) electrons. The maximum Gasteiger partial charge on any atom is 0.0478 e. The molecule has 17 heavy (non-hydrogen) atoms. The second-order valence-electron chi connectivity index (χ2n) is 4.48. The summed E-state index contributed by atoms with van der Waals surface area (Å²) in [5, 5.41) is 3.43. The minimum absolute atomic E-state index is 0.876. The summed E-state index contributed by atoms with van der Waals surface area (Å²) in [6.45, 7) is 8.07. The molecule has 1 aromatic rings. The molecule has 2 heteroatoms. The zero-order valence-electron chi connectivity index (χ0n) is 11.2. The van der Waals surface area contributed by atoms with Crippen molar-refractivity contribution >= 4 is 0 Å². The van der Waals surface area contributed by atoms with Crippen molar-refractivity contribution in [1.82, 2.24) is 5.32 Å². The van der Waals surface area contributed by atoms with E-state index in [0.717, 1.165) is 32.7 Å². The fourth-order valence-electron chi connectivity index (χ4n) is 1.59. The zero-order chi connectivity index (χ0) is 12.3. The van der Waals surface area contributed by atoms with Gasteiger partial charge >= 0.3 is 0 Å². The van der Waals surface area contributed by atoms with Gasteiger partial charge in [0.05, 0.1) is 0 Å². The summed E-state index contributed by atoms with van der Waals surface area (Å²) in [4.78, 5) is 0. The normalized spacial score (nSPS) is 10.7. The molecule has 0 saturated heterocycles. The molecule has 0 aliphatic heterocycles. The smallest absolute Gasteiger partial charge is 0.0478 e. The minimum Gasteiger partial charge on any atom is -0.381 e. The molecule has 1 rings (SSSR count). The average molecular weight is 235 g/mol. The predicted molar refractivity (Wildman–Crippen MR) is 73.2 cm³/mol. The maximum atomic E-state index is 5.50. The van der Waals surface area contributed by atoms with E-state index in [1.165, 1.54) is 24.0 Å². The van der Waals surface area contributed by atoms with E-state index in [0.29, 0.717) is 0 Å². The SMILES string of the molecule is CCCCOCCCNCc1ccc(C)cc1. The quantitative estimate of drug-likeness (QED) is 0.663. The Kier molecular flexibility index (Phi) is 7.69. The third-order valence-corrected chi connectivity index (χ3v) is 2.73. The second kappa shape index (κ2) is 9.20. The van der Waals surface area contributed by atoms with E-state index in [9.17, 15) is 0 Å². The predicted octanol–water partition coefficient (Wildman–Crippen LogP) is 3.29. The van der Waals surface area contributed by atoms with E-state index in [1.54, 1.807) is 0 Å². The first-order valence-corrected chi connectivity index (χ1v) is 6.67. The Balaban J connectivity index is 1.95. The lowest BCUT2D eigenvalue weighted by Gasteiger charge is -2.06. The molecular weight excluding hydrogens is 210 g/mol. The van der Waals surface area contributed by atoms with Gasteiger partial charge in [-0.3, -0.25) is 0 Å². The van der Waals surface area contributed by atoms with E-state index in [4.69, 9.17) is 4.74 Å². The van der Waals surface area contributed by atoms with Gasteiger partial charge in [0, 0.05) is 19.8 Å². The molecule has 96 valence electrons. The number of unbranched alkanes of at least 4 members (excludes halogenated alkanes) is 1. The van der Waals surface area contributed by atoms with E-state index in [2.05, 4.69) is 43.4 Å². The van der Waals surface area contributed by atoms with Crippen LogP contribution < -0.4 is 5.32 Å². The molecule has 0 aliphatic rings. The van der Waals surface area contributed by atoms with Crippen LogP contribution in [0.2, 0.25) is 0 Å². The van der Waals surface area contributed by atoms with Crippen molar-refractivity contribution in [3.63, 3.8) is 0 Å². The Morgan fingerprint density at radius 1 is 1.06 bits per heavy atom. The topological polar surface area (TPSA) is 21.3 Å². The Hall–Kier alpha value is -0.860. The Morgan fingerprint density at radius 2 is 1.76 bits per heavy atom. The molecule has 0 spiro atoms. The van der Waals surface area contributed by atoms with Crippen molar-refractivity contribution in [2.24, 2.45) is 0 Å². The lowest BCUT2D eigenvalue weighted by Crippen LogP contribution is -2.16. The molecule has 2 nitrogen and oxygen atoms in total. The largest absolute Gasteiger partial charge is 0.381 e. The maximum absolute atomic E-state index is 5.50. The van der Waals surface area contributed by atoms with Crippen LogP contribution in [0, 0.1) is 6.92 Å². The Labute approximate surface area is 105 Å². The van der Waals surface area contributed by atoms with Gasteiger partial charge in [0.1, 0.15) is 0 Å². The standard InChI is InChI=1S/C15H25NO/c1-3-4-11-17-12-5-10-16-13-15-8-6-14(2)7-9-15/h6-9,16H,3-5,10-13H2,1-2H3. The van der Waals surface area contributed by atoms with Gasteiger partial charge < -0.3 is 10.1 Å². The van der Waals surface area contributed by atoms with Gasteiger partial charge in [0.15, 0.2) is 0 Å². The van der Waals surface area contributed by atoms with Crippen molar-refractivity contribution in [3.8, 4) is 0 Å². The van der Waals surface area contributed by atoms with Gasteiger partial charge in [0.25, 0.3) is 0 Å². The number of hydrogen-bond donors (Lipinski definition) is 1. The summed E-state index contributed by atoms with van der Waals surface area (Å²) < 4.78 is 5.50. The number of aryl methyl sites for hydroxylation is 1. The van der Waals surface area contributed by atoms with Crippen LogP contribution in [0.5, 0.6) is 0 Å². The molecule has 0 atom stereocenters. The highest BCUT2D eigenvalue weighted by Gasteiger charge is 1.93. The molecule has 0 heterocycles. The number of rotatable bonds is 9. The highest BCUT2D eigenvalue weighted by molar-refractivity contribution is 5.20. The second-order valence-corrected chi connectivity index (χ2v) is 4.48. The van der Waals surface area contributed by atoms with E-state index in [1.807, 2.05) is 0 Å². The van der Waals surface area contributed by atoms with Gasteiger partial charge in [-0.1, -0.05) is 43.2 Å². The Morgan fingerprint density at radius 3 is 2.47 bits per heavy atom. The zero-order valence-corrected chi connectivity index (χ0v) is 11.2. The molecule has 0 unspecified atom stereocenters. The van der Waals surface area contributed by atoms with Crippen molar-refractivity contribution in [1.29, 1.82) is 0 Å². The van der Waals surface area contributed by atoms with Crippen LogP contribution in [-0.4, -0.2) is 19.8 Å².